The molecule has 0 aliphatic heterocycles. The lowest BCUT2D eigenvalue weighted by Crippen LogP contribution is -2.30. The molecule has 0 bridgehead atoms. The third-order valence-corrected chi connectivity index (χ3v) is 4.49. The molecule has 1 unspecified atom stereocenters. The highest BCUT2D eigenvalue weighted by molar-refractivity contribution is 9.10. The van der Waals surface area contributed by atoms with Crippen LogP contribution >= 0.6 is 39.1 Å². The van der Waals surface area contributed by atoms with Crippen LogP contribution in [-0.2, 0) is 0 Å². The summed E-state index contributed by atoms with van der Waals surface area (Å²) in [5.41, 5.74) is 2.92. The molecule has 0 radical (unpaired) electrons. The molecule has 0 amide bonds. The Balaban J connectivity index is 2.59. The molecule has 0 saturated carbocycles. The van der Waals surface area contributed by atoms with Gasteiger partial charge in [0.1, 0.15) is 11.6 Å². The predicted molar refractivity (Wildman–Crippen MR) is 79.7 cm³/mol. The van der Waals surface area contributed by atoms with Crippen molar-refractivity contribution in [1.82, 2.24) is 5.43 Å². The number of hydrazine groups is 1. The van der Waals surface area contributed by atoms with E-state index in [2.05, 4.69) is 21.4 Å². The van der Waals surface area contributed by atoms with Crippen LogP contribution in [0.25, 0.3) is 0 Å². The topological polar surface area (TPSA) is 38.0 Å². The third-order valence-electron chi connectivity index (χ3n) is 2.84. The first-order valence-corrected chi connectivity index (χ1v) is 7.05. The van der Waals surface area contributed by atoms with Gasteiger partial charge in [-0.1, -0.05) is 41.4 Å². The van der Waals surface area contributed by atoms with Crippen molar-refractivity contribution in [2.75, 3.05) is 0 Å². The predicted octanol–water partition coefficient (Wildman–Crippen LogP) is 4.59. The molecule has 2 nitrogen and oxygen atoms in total. The van der Waals surface area contributed by atoms with E-state index < -0.39 is 17.7 Å². The largest absolute Gasteiger partial charge is 0.271 e. The van der Waals surface area contributed by atoms with E-state index >= 15 is 0 Å². The quantitative estimate of drug-likeness (QED) is 0.463. The first-order valence-electron chi connectivity index (χ1n) is 5.50. The number of nitrogens with two attached hydrogens (primary N) is 1. The number of hydrogen-bond donors (Lipinski definition) is 2. The monoisotopic (exact) mass is 380 g/mol. The minimum Gasteiger partial charge on any atom is -0.271 e. The summed E-state index contributed by atoms with van der Waals surface area (Å²) >= 11 is 14.9. The van der Waals surface area contributed by atoms with Gasteiger partial charge in [-0.25, -0.2) is 14.2 Å². The van der Waals surface area contributed by atoms with Gasteiger partial charge in [-0.15, -0.1) is 0 Å². The van der Waals surface area contributed by atoms with Crippen molar-refractivity contribution in [2.45, 2.75) is 6.04 Å². The van der Waals surface area contributed by atoms with Crippen molar-refractivity contribution in [1.29, 1.82) is 0 Å². The third kappa shape index (κ3) is 2.82. The average Bonchev–Trinajstić information content (AvgIpc) is 2.44. The molecule has 106 valence electrons. The van der Waals surface area contributed by atoms with E-state index in [1.54, 1.807) is 12.1 Å². The van der Waals surface area contributed by atoms with Crippen molar-refractivity contribution in [3.8, 4) is 0 Å². The van der Waals surface area contributed by atoms with Crippen molar-refractivity contribution >= 4 is 39.1 Å². The summed E-state index contributed by atoms with van der Waals surface area (Å²) in [6.07, 6.45) is 0. The van der Waals surface area contributed by atoms with E-state index in [9.17, 15) is 8.78 Å². The Kier molecular flexibility index (Phi) is 4.99. The van der Waals surface area contributed by atoms with Gasteiger partial charge in [-0.2, -0.15) is 0 Å². The molecule has 1 atom stereocenters. The number of hydrogen-bond acceptors (Lipinski definition) is 2. The summed E-state index contributed by atoms with van der Waals surface area (Å²) in [6.45, 7) is 0. The lowest BCUT2D eigenvalue weighted by molar-refractivity contribution is 0.555. The van der Waals surface area contributed by atoms with Gasteiger partial charge < -0.3 is 0 Å². The molecule has 7 heteroatoms. The molecule has 0 spiro atoms. The highest BCUT2D eigenvalue weighted by Crippen LogP contribution is 2.35. The lowest BCUT2D eigenvalue weighted by atomic mass is 9.98. The molecule has 0 fully saturated rings. The molecule has 3 N–H and O–H groups in total. The van der Waals surface area contributed by atoms with Crippen molar-refractivity contribution < 1.29 is 8.78 Å². The first-order chi connectivity index (χ1) is 9.47. The van der Waals surface area contributed by atoms with Crippen LogP contribution in [0.15, 0.2) is 34.8 Å². The molecule has 0 aromatic heterocycles. The van der Waals surface area contributed by atoms with Gasteiger partial charge in [0.2, 0.25) is 0 Å². The van der Waals surface area contributed by atoms with E-state index in [4.69, 9.17) is 29.0 Å². The SMILES string of the molecule is NNC(c1ccc(Br)c(Cl)c1F)c1cccc(F)c1Cl. The summed E-state index contributed by atoms with van der Waals surface area (Å²) in [4.78, 5) is 0. The summed E-state index contributed by atoms with van der Waals surface area (Å²) in [5.74, 6) is 4.21. The highest BCUT2D eigenvalue weighted by atomic mass is 79.9. The number of benzene rings is 2. The summed E-state index contributed by atoms with van der Waals surface area (Å²) in [6, 6.07) is 6.51. The van der Waals surface area contributed by atoms with Crippen LogP contribution in [0.1, 0.15) is 17.2 Å². The Hall–Kier alpha value is -0.720. The Morgan fingerprint density at radius 2 is 1.75 bits per heavy atom. The molecule has 0 aliphatic carbocycles. The molecule has 2 aromatic carbocycles. The molecule has 0 heterocycles. The van der Waals surface area contributed by atoms with E-state index in [1.807, 2.05) is 0 Å². The number of rotatable bonds is 3. The maximum atomic E-state index is 14.2. The molecular formula is C13H9BrCl2F2N2. The highest BCUT2D eigenvalue weighted by Gasteiger charge is 2.22. The second-order valence-corrected chi connectivity index (χ2v) is 5.62. The Morgan fingerprint density at radius 3 is 2.40 bits per heavy atom. The maximum absolute atomic E-state index is 14.2. The number of nitrogens with one attached hydrogen (secondary N) is 1. The van der Waals surface area contributed by atoms with Crippen LogP contribution < -0.4 is 11.3 Å². The van der Waals surface area contributed by atoms with Crippen LogP contribution in [0, 0.1) is 11.6 Å². The first kappa shape index (κ1) is 15.7. The number of halogens is 5. The molecule has 2 aromatic rings. The molecule has 0 aliphatic rings. The van der Waals surface area contributed by atoms with Crippen LogP contribution in [-0.4, -0.2) is 0 Å². The summed E-state index contributed by atoms with van der Waals surface area (Å²) in [7, 11) is 0. The van der Waals surface area contributed by atoms with Gasteiger partial charge in [0.15, 0.2) is 0 Å². The van der Waals surface area contributed by atoms with Gasteiger partial charge in [0, 0.05) is 10.0 Å². The van der Waals surface area contributed by atoms with E-state index in [0.717, 1.165) is 0 Å². The Labute approximate surface area is 133 Å². The van der Waals surface area contributed by atoms with Crippen LogP contribution in [0.5, 0.6) is 0 Å². The van der Waals surface area contributed by atoms with Crippen LogP contribution in [0.3, 0.4) is 0 Å². The van der Waals surface area contributed by atoms with Gasteiger partial charge in [-0.05, 0) is 33.6 Å². The fourth-order valence-corrected chi connectivity index (χ4v) is 2.57. The zero-order valence-corrected chi connectivity index (χ0v) is 13.0. The van der Waals surface area contributed by atoms with E-state index in [1.165, 1.54) is 18.2 Å². The minimum absolute atomic E-state index is 0.0738. The van der Waals surface area contributed by atoms with Crippen molar-refractivity contribution in [3.63, 3.8) is 0 Å². The van der Waals surface area contributed by atoms with Gasteiger partial charge in [0.05, 0.1) is 16.1 Å². The standard InChI is InChI=1S/C13H9BrCl2F2N2/c14-8-5-4-7(12(18)11(8)16)13(20-19)6-2-1-3-9(17)10(6)15/h1-5,13,20H,19H2. The lowest BCUT2D eigenvalue weighted by Gasteiger charge is -2.19. The van der Waals surface area contributed by atoms with Crippen molar-refractivity contribution in [2.24, 2.45) is 5.84 Å². The second kappa shape index (κ2) is 6.37. The molecule has 2 rings (SSSR count). The molecule has 0 saturated heterocycles. The fraction of sp³-hybridized carbons (Fsp3) is 0.0769. The van der Waals surface area contributed by atoms with Gasteiger partial charge in [0.25, 0.3) is 0 Å². The zero-order chi connectivity index (χ0) is 14.9. The summed E-state index contributed by atoms with van der Waals surface area (Å²) < 4.78 is 28.1. The zero-order valence-electron chi connectivity index (χ0n) is 9.93. The Bertz CT molecular complexity index is 653. The normalized spacial score (nSPS) is 12.5. The van der Waals surface area contributed by atoms with Crippen molar-refractivity contribution in [3.05, 3.63) is 67.6 Å². The van der Waals surface area contributed by atoms with E-state index in [0.29, 0.717) is 10.0 Å². The minimum atomic E-state index is -0.816. The van der Waals surface area contributed by atoms with Gasteiger partial charge >= 0.3 is 0 Å². The fourth-order valence-electron chi connectivity index (χ4n) is 1.85. The maximum Gasteiger partial charge on any atom is 0.148 e. The van der Waals surface area contributed by atoms with Crippen LogP contribution in [0.4, 0.5) is 8.78 Å². The second-order valence-electron chi connectivity index (χ2n) is 4.01. The average molecular weight is 382 g/mol. The van der Waals surface area contributed by atoms with Crippen LogP contribution in [0.2, 0.25) is 10.0 Å². The molecule has 20 heavy (non-hydrogen) atoms. The van der Waals surface area contributed by atoms with E-state index in [-0.39, 0.29) is 15.6 Å². The Morgan fingerprint density at radius 1 is 1.05 bits per heavy atom. The molecular weight excluding hydrogens is 373 g/mol. The summed E-state index contributed by atoms with van der Waals surface area (Å²) in [5, 5.41) is -0.191. The smallest absolute Gasteiger partial charge is 0.148 e. The van der Waals surface area contributed by atoms with Gasteiger partial charge in [-0.3, -0.25) is 5.84 Å².